The molecule has 1 aromatic heterocycles. The minimum Gasteiger partial charge on any atom is -0.481 e. The molecule has 0 bridgehead atoms. The maximum Gasteiger partial charge on any atom is 0.236 e. The summed E-state index contributed by atoms with van der Waals surface area (Å²) in [6.07, 6.45) is 1.47. The van der Waals surface area contributed by atoms with Crippen LogP contribution in [0.1, 0.15) is 12.8 Å². The third-order valence-electron chi connectivity index (χ3n) is 2.14. The van der Waals surface area contributed by atoms with Crippen molar-refractivity contribution in [2.75, 3.05) is 11.8 Å². The van der Waals surface area contributed by atoms with Gasteiger partial charge in [0.1, 0.15) is 5.82 Å². The van der Waals surface area contributed by atoms with Crippen molar-refractivity contribution in [3.05, 3.63) is 18.2 Å². The normalized spacial score (nSPS) is 16.1. The molecule has 0 saturated heterocycles. The van der Waals surface area contributed by atoms with Crippen molar-refractivity contribution in [1.29, 1.82) is 0 Å². The van der Waals surface area contributed by atoms with Gasteiger partial charge in [-0.05, 0) is 18.9 Å². The number of hydrogen-bond donors (Lipinski definition) is 1. The van der Waals surface area contributed by atoms with Gasteiger partial charge in [-0.25, -0.2) is 8.42 Å². The number of aromatic nitrogens is 1. The van der Waals surface area contributed by atoms with Gasteiger partial charge in [0.2, 0.25) is 15.9 Å². The number of nitrogens with zero attached hydrogens (tertiary/aromatic N) is 1. The van der Waals surface area contributed by atoms with Crippen molar-refractivity contribution < 1.29 is 13.2 Å². The van der Waals surface area contributed by atoms with Gasteiger partial charge < -0.3 is 4.74 Å². The summed E-state index contributed by atoms with van der Waals surface area (Å²) < 4.78 is 30.5. The first-order valence-electron chi connectivity index (χ1n) is 4.64. The number of methoxy groups -OCH3 is 1. The molecule has 0 spiro atoms. The lowest BCUT2D eigenvalue weighted by Crippen LogP contribution is -2.18. The Labute approximate surface area is 88.5 Å². The van der Waals surface area contributed by atoms with Crippen molar-refractivity contribution in [3.8, 4) is 5.88 Å². The van der Waals surface area contributed by atoms with Crippen LogP contribution in [0.3, 0.4) is 0 Å². The first kappa shape index (κ1) is 10.2. The Morgan fingerprint density at radius 2 is 2.20 bits per heavy atom. The highest BCUT2D eigenvalue weighted by molar-refractivity contribution is 7.93. The molecule has 1 aromatic rings. The van der Waals surface area contributed by atoms with E-state index in [-0.39, 0.29) is 5.25 Å². The van der Waals surface area contributed by atoms with E-state index in [9.17, 15) is 8.42 Å². The molecule has 0 atom stereocenters. The van der Waals surface area contributed by atoms with Crippen molar-refractivity contribution in [3.63, 3.8) is 0 Å². The summed E-state index contributed by atoms with van der Waals surface area (Å²) in [6, 6.07) is 4.95. The van der Waals surface area contributed by atoms with Crippen molar-refractivity contribution in [2.45, 2.75) is 18.1 Å². The van der Waals surface area contributed by atoms with Crippen LogP contribution in [0.25, 0.3) is 0 Å². The van der Waals surface area contributed by atoms with Gasteiger partial charge in [0.15, 0.2) is 0 Å². The van der Waals surface area contributed by atoms with Crippen molar-refractivity contribution in [2.24, 2.45) is 0 Å². The lowest BCUT2D eigenvalue weighted by Gasteiger charge is -2.06. The third kappa shape index (κ3) is 2.38. The largest absolute Gasteiger partial charge is 0.481 e. The Balaban J connectivity index is 2.16. The number of pyridine rings is 1. The second-order valence-electron chi connectivity index (χ2n) is 3.41. The first-order valence-corrected chi connectivity index (χ1v) is 6.19. The van der Waals surface area contributed by atoms with E-state index < -0.39 is 10.0 Å². The van der Waals surface area contributed by atoms with Gasteiger partial charge in [-0.2, -0.15) is 4.98 Å². The fraction of sp³-hybridized carbons (Fsp3) is 0.444. The Morgan fingerprint density at radius 1 is 1.47 bits per heavy atom. The van der Waals surface area contributed by atoms with Gasteiger partial charge >= 0.3 is 0 Å². The maximum atomic E-state index is 11.6. The molecule has 15 heavy (non-hydrogen) atoms. The summed E-state index contributed by atoms with van der Waals surface area (Å²) in [4.78, 5) is 3.97. The van der Waals surface area contributed by atoms with E-state index in [1.807, 2.05) is 0 Å². The van der Waals surface area contributed by atoms with Crippen LogP contribution in [0, 0.1) is 0 Å². The zero-order chi connectivity index (χ0) is 10.9. The molecule has 1 N–H and O–H groups in total. The molecule has 0 aromatic carbocycles. The molecule has 1 heterocycles. The Morgan fingerprint density at radius 3 is 2.80 bits per heavy atom. The van der Waals surface area contributed by atoms with Crippen LogP contribution in [-0.4, -0.2) is 25.8 Å². The van der Waals surface area contributed by atoms with E-state index in [0.717, 1.165) is 12.8 Å². The molecule has 1 aliphatic carbocycles. The maximum absolute atomic E-state index is 11.6. The molecular weight excluding hydrogens is 216 g/mol. The lowest BCUT2D eigenvalue weighted by molar-refractivity contribution is 0.398. The summed E-state index contributed by atoms with van der Waals surface area (Å²) in [7, 11) is -1.75. The second-order valence-corrected chi connectivity index (χ2v) is 5.37. The van der Waals surface area contributed by atoms with Crippen molar-refractivity contribution in [1.82, 2.24) is 4.98 Å². The van der Waals surface area contributed by atoms with Crippen LogP contribution >= 0.6 is 0 Å². The van der Waals surface area contributed by atoms with Gasteiger partial charge in [-0.15, -0.1) is 0 Å². The molecule has 82 valence electrons. The monoisotopic (exact) mass is 228 g/mol. The van der Waals surface area contributed by atoms with Gasteiger partial charge in [0.25, 0.3) is 0 Å². The molecular formula is C9H12N2O3S. The van der Waals surface area contributed by atoms with Gasteiger partial charge in [-0.1, -0.05) is 6.07 Å². The van der Waals surface area contributed by atoms with E-state index in [0.29, 0.717) is 11.7 Å². The first-order chi connectivity index (χ1) is 7.12. The quantitative estimate of drug-likeness (QED) is 0.834. The van der Waals surface area contributed by atoms with Crippen LogP contribution in [0.2, 0.25) is 0 Å². The summed E-state index contributed by atoms with van der Waals surface area (Å²) in [5.41, 5.74) is 0. The Kier molecular flexibility index (Phi) is 2.52. The summed E-state index contributed by atoms with van der Waals surface area (Å²) in [6.45, 7) is 0. The number of hydrogen-bond acceptors (Lipinski definition) is 4. The van der Waals surface area contributed by atoms with Gasteiger partial charge in [0.05, 0.1) is 12.4 Å². The zero-order valence-electron chi connectivity index (χ0n) is 8.30. The summed E-state index contributed by atoms with van der Waals surface area (Å²) in [5.74, 6) is 0.701. The summed E-state index contributed by atoms with van der Waals surface area (Å²) in [5, 5.41) is -0.245. The second kappa shape index (κ2) is 3.69. The van der Waals surface area contributed by atoms with E-state index in [2.05, 4.69) is 9.71 Å². The fourth-order valence-electron chi connectivity index (χ4n) is 1.19. The molecule has 6 heteroatoms. The minimum absolute atomic E-state index is 0.245. The molecule has 0 amide bonds. The van der Waals surface area contributed by atoms with Gasteiger partial charge in [-0.3, -0.25) is 4.72 Å². The molecule has 0 radical (unpaired) electrons. The van der Waals surface area contributed by atoms with Crippen LogP contribution < -0.4 is 9.46 Å². The summed E-state index contributed by atoms with van der Waals surface area (Å²) >= 11 is 0. The number of rotatable bonds is 4. The van der Waals surface area contributed by atoms with Crippen LogP contribution in [0.4, 0.5) is 5.82 Å². The minimum atomic E-state index is -3.23. The molecule has 1 fully saturated rings. The van der Waals surface area contributed by atoms with E-state index >= 15 is 0 Å². The molecule has 0 aliphatic heterocycles. The van der Waals surface area contributed by atoms with E-state index in [4.69, 9.17) is 4.74 Å². The predicted octanol–water partition coefficient (Wildman–Crippen LogP) is 0.994. The highest BCUT2D eigenvalue weighted by Gasteiger charge is 2.35. The molecule has 0 unspecified atom stereocenters. The zero-order valence-corrected chi connectivity index (χ0v) is 9.12. The Hall–Kier alpha value is -1.30. The molecule has 1 aliphatic rings. The molecule has 5 nitrogen and oxygen atoms in total. The SMILES string of the molecule is COc1cccc(NS(=O)(=O)C2CC2)n1. The number of anilines is 1. The fourth-order valence-corrected chi connectivity index (χ4v) is 2.52. The number of ether oxygens (including phenoxy) is 1. The smallest absolute Gasteiger partial charge is 0.236 e. The van der Waals surface area contributed by atoms with Crippen LogP contribution in [-0.2, 0) is 10.0 Å². The molecule has 2 rings (SSSR count). The lowest BCUT2D eigenvalue weighted by atomic mass is 10.5. The topological polar surface area (TPSA) is 68.3 Å². The predicted molar refractivity (Wildman–Crippen MR) is 56.4 cm³/mol. The average molecular weight is 228 g/mol. The van der Waals surface area contributed by atoms with Gasteiger partial charge in [0, 0.05) is 6.07 Å². The Bertz CT molecular complexity index is 454. The van der Waals surface area contributed by atoms with E-state index in [1.54, 1.807) is 18.2 Å². The van der Waals surface area contributed by atoms with Crippen LogP contribution in [0.15, 0.2) is 18.2 Å². The van der Waals surface area contributed by atoms with Crippen LogP contribution in [0.5, 0.6) is 5.88 Å². The highest BCUT2D eigenvalue weighted by atomic mass is 32.2. The van der Waals surface area contributed by atoms with E-state index in [1.165, 1.54) is 7.11 Å². The number of nitrogens with one attached hydrogen (secondary N) is 1. The molecule has 1 saturated carbocycles. The highest BCUT2D eigenvalue weighted by Crippen LogP contribution is 2.29. The van der Waals surface area contributed by atoms with Crippen molar-refractivity contribution >= 4 is 15.8 Å². The number of sulfonamides is 1. The standard InChI is InChI=1S/C9H12N2O3S/c1-14-9-4-2-3-8(10-9)11-15(12,13)7-5-6-7/h2-4,7H,5-6H2,1H3,(H,10,11). The average Bonchev–Trinajstić information content (AvgIpc) is 3.00. The third-order valence-corrected chi connectivity index (χ3v) is 3.99.